The van der Waals surface area contributed by atoms with Crippen LogP contribution in [-0.4, -0.2) is 49.2 Å². The number of ether oxygens (including phenoxy) is 3. The normalized spacial score (nSPS) is 13.7. The molecule has 1 heterocycles. The summed E-state index contributed by atoms with van der Waals surface area (Å²) in [6.45, 7) is 6.66. The fourth-order valence-electron chi connectivity index (χ4n) is 6.73. The van der Waals surface area contributed by atoms with Crippen LogP contribution in [-0.2, 0) is 22.6 Å². The van der Waals surface area contributed by atoms with Crippen LogP contribution in [0.2, 0.25) is 0 Å². The zero-order chi connectivity index (χ0) is 35.1. The van der Waals surface area contributed by atoms with Crippen molar-refractivity contribution in [3.8, 4) is 28.4 Å². The van der Waals surface area contributed by atoms with Crippen molar-refractivity contribution in [1.82, 2.24) is 20.2 Å². The van der Waals surface area contributed by atoms with Gasteiger partial charge in [-0.25, -0.2) is 4.98 Å². The molecule has 0 spiro atoms. The standard InChI is InChI=1S/C38H47N5O6/c1-23(2)43-31-13-10-9-12-29(31)42-34(43)22-40-35(46)14-8-7-11-19-39-30-18-16-26-27(21-32(30)45)28(41-24(3)44)17-15-25-20-33(47-4)37(48-5)38(49-6)36(25)26/h9-10,12-13,16,18,20-21,23,28H,7-8,11,14-15,17,19,22H2,1-6H3,(H,39,45)(H,40,46)(H,41,44)/t28-/m0/s1. The average molecular weight is 670 g/mol. The van der Waals surface area contributed by atoms with Gasteiger partial charge in [0.25, 0.3) is 0 Å². The lowest BCUT2D eigenvalue weighted by Crippen LogP contribution is -2.26. The summed E-state index contributed by atoms with van der Waals surface area (Å²) in [6.07, 6.45) is 3.99. The van der Waals surface area contributed by atoms with Crippen molar-refractivity contribution in [2.24, 2.45) is 0 Å². The molecule has 0 bridgehead atoms. The minimum Gasteiger partial charge on any atom is -0.493 e. The van der Waals surface area contributed by atoms with Crippen molar-refractivity contribution in [3.05, 3.63) is 75.7 Å². The lowest BCUT2D eigenvalue weighted by molar-refractivity contribution is -0.121. The van der Waals surface area contributed by atoms with Crippen molar-refractivity contribution in [2.75, 3.05) is 33.2 Å². The maximum Gasteiger partial charge on any atom is 0.220 e. The number of benzene rings is 2. The molecule has 0 unspecified atom stereocenters. The van der Waals surface area contributed by atoms with Gasteiger partial charge in [-0.05, 0) is 86.6 Å². The van der Waals surface area contributed by atoms with Crippen molar-refractivity contribution in [1.29, 1.82) is 0 Å². The van der Waals surface area contributed by atoms with E-state index in [0.717, 1.165) is 52.8 Å². The highest BCUT2D eigenvalue weighted by atomic mass is 16.5. The number of fused-ring (bicyclic) bond motifs is 4. The number of carbonyl (C=O) groups excluding carboxylic acids is 2. The minimum atomic E-state index is -0.370. The zero-order valence-corrected chi connectivity index (χ0v) is 29.3. The second-order valence-electron chi connectivity index (χ2n) is 12.6. The van der Waals surface area contributed by atoms with E-state index in [-0.39, 0.29) is 29.3 Å². The number of para-hydroxylation sites is 2. The number of methoxy groups -OCH3 is 3. The van der Waals surface area contributed by atoms with Gasteiger partial charge in [-0.2, -0.15) is 0 Å². The van der Waals surface area contributed by atoms with Crippen LogP contribution in [0.4, 0.5) is 5.69 Å². The van der Waals surface area contributed by atoms with Gasteiger partial charge >= 0.3 is 0 Å². The second kappa shape index (κ2) is 15.9. The van der Waals surface area contributed by atoms with Gasteiger partial charge in [0.2, 0.25) is 23.0 Å². The number of rotatable bonds is 14. The molecule has 49 heavy (non-hydrogen) atoms. The Morgan fingerprint density at radius 3 is 2.47 bits per heavy atom. The second-order valence-corrected chi connectivity index (χ2v) is 12.6. The Balaban J connectivity index is 1.24. The van der Waals surface area contributed by atoms with E-state index in [1.807, 2.05) is 30.3 Å². The molecule has 11 heteroatoms. The lowest BCUT2D eigenvalue weighted by atomic mass is 9.95. The fourth-order valence-corrected chi connectivity index (χ4v) is 6.73. The zero-order valence-electron chi connectivity index (χ0n) is 29.3. The molecule has 3 aromatic carbocycles. The third kappa shape index (κ3) is 7.82. The molecule has 0 aliphatic heterocycles. The van der Waals surface area contributed by atoms with E-state index in [2.05, 4.69) is 40.4 Å². The number of carbonyl (C=O) groups is 2. The summed E-state index contributed by atoms with van der Waals surface area (Å²) in [5.41, 5.74) is 5.55. The first-order valence-corrected chi connectivity index (χ1v) is 16.9. The molecule has 1 atom stereocenters. The van der Waals surface area contributed by atoms with E-state index < -0.39 is 0 Å². The fraction of sp³-hybridized carbons (Fsp3) is 0.421. The Kier molecular flexibility index (Phi) is 11.4. The van der Waals surface area contributed by atoms with E-state index in [1.165, 1.54) is 6.92 Å². The topological polar surface area (TPSA) is 133 Å². The van der Waals surface area contributed by atoms with Crippen molar-refractivity contribution in [2.45, 2.75) is 77.9 Å². The molecule has 0 fully saturated rings. The summed E-state index contributed by atoms with van der Waals surface area (Å²) in [6, 6.07) is 15.1. The number of amides is 2. The highest BCUT2D eigenvalue weighted by Gasteiger charge is 2.29. The van der Waals surface area contributed by atoms with E-state index in [1.54, 1.807) is 33.5 Å². The Bertz CT molecular complexity index is 1890. The molecule has 0 radical (unpaired) electrons. The molecule has 4 aromatic rings. The molecular formula is C38H47N5O6. The number of anilines is 1. The first-order valence-electron chi connectivity index (χ1n) is 16.9. The van der Waals surface area contributed by atoms with E-state index in [4.69, 9.17) is 19.2 Å². The SMILES string of the molecule is COc1cc2c(c(OC)c1OC)-c1ccc(NCCCCCC(=O)NCc3nc4ccccc4n3C(C)C)c(=O)cc1[C@@H](NC(C)=O)CC2. The van der Waals surface area contributed by atoms with Crippen LogP contribution >= 0.6 is 0 Å². The molecule has 0 saturated heterocycles. The highest BCUT2D eigenvalue weighted by molar-refractivity contribution is 5.84. The third-order valence-electron chi connectivity index (χ3n) is 8.94. The van der Waals surface area contributed by atoms with Crippen molar-refractivity contribution in [3.63, 3.8) is 0 Å². The van der Waals surface area contributed by atoms with Gasteiger partial charge < -0.3 is 34.7 Å². The van der Waals surface area contributed by atoms with E-state index >= 15 is 0 Å². The molecule has 1 aliphatic rings. The predicted octanol–water partition coefficient (Wildman–Crippen LogP) is 6.08. The number of nitrogens with one attached hydrogen (secondary N) is 3. The summed E-state index contributed by atoms with van der Waals surface area (Å²) in [4.78, 5) is 43.1. The van der Waals surface area contributed by atoms with Gasteiger partial charge in [-0.3, -0.25) is 14.4 Å². The Labute approximate surface area is 287 Å². The molecule has 1 aliphatic carbocycles. The highest BCUT2D eigenvalue weighted by Crippen LogP contribution is 2.50. The van der Waals surface area contributed by atoms with E-state index in [0.29, 0.717) is 60.9 Å². The smallest absolute Gasteiger partial charge is 0.220 e. The molecular weight excluding hydrogens is 622 g/mol. The van der Waals surface area contributed by atoms with Crippen LogP contribution < -0.4 is 35.6 Å². The first-order chi connectivity index (χ1) is 23.7. The van der Waals surface area contributed by atoms with Crippen molar-refractivity contribution < 1.29 is 23.8 Å². The average Bonchev–Trinajstić information content (AvgIpc) is 3.31. The molecule has 5 rings (SSSR count). The number of imidazole rings is 1. The van der Waals surface area contributed by atoms with Gasteiger partial charge in [0.05, 0.1) is 50.6 Å². The summed E-state index contributed by atoms with van der Waals surface area (Å²) >= 11 is 0. The van der Waals surface area contributed by atoms with Gasteiger partial charge in [-0.1, -0.05) is 24.6 Å². The van der Waals surface area contributed by atoms with Gasteiger partial charge in [0, 0.05) is 31.5 Å². The number of hydrogen-bond acceptors (Lipinski definition) is 8. The monoisotopic (exact) mass is 669 g/mol. The number of hydrogen-bond donors (Lipinski definition) is 3. The lowest BCUT2D eigenvalue weighted by Gasteiger charge is -2.19. The predicted molar refractivity (Wildman–Crippen MR) is 192 cm³/mol. The number of aromatic nitrogens is 2. The Hall–Kier alpha value is -5.06. The Morgan fingerprint density at radius 1 is 0.980 bits per heavy atom. The minimum absolute atomic E-state index is 0.00701. The van der Waals surface area contributed by atoms with Crippen LogP contribution in [0.1, 0.15) is 81.9 Å². The Morgan fingerprint density at radius 2 is 1.76 bits per heavy atom. The summed E-state index contributed by atoms with van der Waals surface area (Å²) < 4.78 is 19.3. The van der Waals surface area contributed by atoms with Gasteiger partial charge in [0.1, 0.15) is 5.82 Å². The number of nitrogens with zero attached hydrogens (tertiary/aromatic N) is 2. The van der Waals surface area contributed by atoms with Gasteiger partial charge in [0.15, 0.2) is 11.5 Å². The largest absolute Gasteiger partial charge is 0.493 e. The van der Waals surface area contributed by atoms with Crippen LogP contribution in [0, 0.1) is 0 Å². The van der Waals surface area contributed by atoms with Crippen LogP contribution in [0.3, 0.4) is 0 Å². The molecule has 1 aromatic heterocycles. The van der Waals surface area contributed by atoms with Crippen LogP contribution in [0.5, 0.6) is 17.2 Å². The molecule has 11 nitrogen and oxygen atoms in total. The molecule has 260 valence electrons. The summed E-state index contributed by atoms with van der Waals surface area (Å²) in [5.74, 6) is 2.19. The van der Waals surface area contributed by atoms with Crippen LogP contribution in [0.15, 0.2) is 53.3 Å². The molecule has 2 amide bonds. The summed E-state index contributed by atoms with van der Waals surface area (Å²) in [5, 5.41) is 9.36. The van der Waals surface area contributed by atoms with Crippen LogP contribution in [0.25, 0.3) is 22.2 Å². The van der Waals surface area contributed by atoms with Crippen molar-refractivity contribution >= 4 is 28.5 Å². The quantitative estimate of drug-likeness (QED) is 0.138. The summed E-state index contributed by atoms with van der Waals surface area (Å²) in [7, 11) is 4.72. The maximum absolute atomic E-state index is 13.5. The van der Waals surface area contributed by atoms with Gasteiger partial charge in [-0.15, -0.1) is 0 Å². The third-order valence-corrected chi connectivity index (χ3v) is 8.94. The number of aryl methyl sites for hydroxylation is 1. The molecule has 3 N–H and O–H groups in total. The first kappa shape index (κ1) is 35.3. The van der Waals surface area contributed by atoms with E-state index in [9.17, 15) is 14.4 Å². The molecule has 0 saturated carbocycles. The number of unbranched alkanes of at least 4 members (excludes halogenated alkanes) is 2. The maximum atomic E-state index is 13.5.